The minimum atomic E-state index is -0.957. The molecule has 20 heavy (non-hydrogen) atoms. The first-order valence-electron chi connectivity index (χ1n) is 7.22. The summed E-state index contributed by atoms with van der Waals surface area (Å²) >= 11 is 0. The van der Waals surface area contributed by atoms with Gasteiger partial charge in [-0.25, -0.2) is 0 Å². The van der Waals surface area contributed by atoms with E-state index in [1.54, 1.807) is 0 Å². The van der Waals surface area contributed by atoms with Crippen molar-refractivity contribution in [2.45, 2.75) is 19.1 Å². The van der Waals surface area contributed by atoms with E-state index in [0.29, 0.717) is 5.56 Å². The number of carbonyl (C=O) groups excluding carboxylic acids is 1. The molecular formula is C16H17NO3. The molecule has 4 heteroatoms. The fourth-order valence-corrected chi connectivity index (χ4v) is 1.66. The van der Waals surface area contributed by atoms with Crippen molar-refractivity contribution in [2.24, 2.45) is 5.73 Å². The number of hydrogen-bond acceptors (Lipinski definition) is 4. The smallest absolute Gasteiger partial charge is 0.323 e. The van der Waals surface area contributed by atoms with Gasteiger partial charge in [0, 0.05) is 0 Å². The molecule has 0 aliphatic rings. The number of esters is 1. The summed E-state index contributed by atoms with van der Waals surface area (Å²) in [5.74, 6) is -0.741. The van der Waals surface area contributed by atoms with Crippen LogP contribution in [0.15, 0.2) is 54.5 Å². The van der Waals surface area contributed by atoms with Crippen molar-refractivity contribution in [3.05, 3.63) is 65.7 Å². The highest BCUT2D eigenvalue weighted by atomic mass is 16.5. The zero-order chi connectivity index (χ0) is 16.1. The predicted octanol–water partition coefficient (Wildman–Crippen LogP) is 2.01. The largest absolute Gasteiger partial charge is 0.508 e. The molecule has 0 unspecified atom stereocenters. The molecular weight excluding hydrogens is 254 g/mol. The van der Waals surface area contributed by atoms with Crippen LogP contribution in [0.25, 0.3) is 0 Å². The Morgan fingerprint density at radius 3 is 2.50 bits per heavy atom. The normalized spacial score (nSPS) is 13.2. The van der Waals surface area contributed by atoms with Gasteiger partial charge in [-0.05, 0) is 29.7 Å². The van der Waals surface area contributed by atoms with Crippen LogP contribution in [0.5, 0.6) is 5.75 Å². The van der Waals surface area contributed by atoms with Crippen LogP contribution in [0, 0.1) is 0 Å². The summed E-state index contributed by atoms with van der Waals surface area (Å²) in [5.41, 5.74) is 6.95. The Morgan fingerprint density at radius 2 is 1.85 bits per heavy atom. The molecule has 0 heterocycles. The SMILES string of the molecule is [2H]c1cc(O)cc([2H])c1C[C@H](N)C(=O)OCc1ccccc1. The third kappa shape index (κ3) is 4.10. The number of benzene rings is 2. The standard InChI is InChI=1S/C16H17NO3/c17-15(10-12-6-8-14(18)9-7-12)16(19)20-11-13-4-2-1-3-5-13/h1-9,15,18H,10-11,17H2/t15-/m0/s1/i6D,7D. The topological polar surface area (TPSA) is 72.5 Å². The maximum Gasteiger partial charge on any atom is 0.323 e. The van der Waals surface area contributed by atoms with E-state index in [-0.39, 0.29) is 30.9 Å². The van der Waals surface area contributed by atoms with Gasteiger partial charge >= 0.3 is 5.97 Å². The first-order chi connectivity index (χ1) is 10.5. The lowest BCUT2D eigenvalue weighted by molar-refractivity contribution is -0.146. The second kappa shape index (κ2) is 6.73. The summed E-state index contributed by atoms with van der Waals surface area (Å²) in [5, 5.41) is 9.31. The molecule has 0 aliphatic heterocycles. The Kier molecular flexibility index (Phi) is 3.86. The molecule has 2 aromatic rings. The lowest BCUT2D eigenvalue weighted by atomic mass is 10.1. The average molecular weight is 273 g/mol. The number of rotatable bonds is 5. The fraction of sp³-hybridized carbons (Fsp3) is 0.188. The Hall–Kier alpha value is -2.33. The van der Waals surface area contributed by atoms with Gasteiger partial charge in [-0.2, -0.15) is 0 Å². The van der Waals surface area contributed by atoms with Gasteiger partial charge in [-0.15, -0.1) is 0 Å². The maximum atomic E-state index is 11.9. The van der Waals surface area contributed by atoms with Gasteiger partial charge < -0.3 is 15.6 Å². The molecule has 104 valence electrons. The van der Waals surface area contributed by atoms with E-state index in [1.165, 1.54) is 12.1 Å². The number of phenolic OH excluding ortho intramolecular Hbond substituents is 1. The molecule has 0 aliphatic carbocycles. The van der Waals surface area contributed by atoms with E-state index in [2.05, 4.69) is 0 Å². The number of phenols is 1. The quantitative estimate of drug-likeness (QED) is 0.817. The summed E-state index contributed by atoms with van der Waals surface area (Å²) in [7, 11) is 0. The lowest BCUT2D eigenvalue weighted by Gasteiger charge is -2.11. The number of ether oxygens (including phenoxy) is 1. The zero-order valence-electron chi connectivity index (χ0n) is 12.9. The van der Waals surface area contributed by atoms with Gasteiger partial charge in [0.1, 0.15) is 18.4 Å². The van der Waals surface area contributed by atoms with Crippen molar-refractivity contribution in [2.75, 3.05) is 0 Å². The van der Waals surface area contributed by atoms with Crippen molar-refractivity contribution in [3.8, 4) is 5.75 Å². The van der Waals surface area contributed by atoms with Gasteiger partial charge in [-0.1, -0.05) is 42.4 Å². The van der Waals surface area contributed by atoms with Gasteiger partial charge in [-0.3, -0.25) is 4.79 Å². The molecule has 0 radical (unpaired) electrons. The number of hydrogen-bond donors (Lipinski definition) is 2. The summed E-state index contributed by atoms with van der Waals surface area (Å²) in [6.45, 7) is 0.129. The Balaban J connectivity index is 1.97. The molecule has 0 bridgehead atoms. The van der Waals surface area contributed by atoms with E-state index in [9.17, 15) is 9.90 Å². The van der Waals surface area contributed by atoms with Crippen LogP contribution in [-0.4, -0.2) is 17.1 Å². The average Bonchev–Trinajstić information content (AvgIpc) is 2.49. The minimum Gasteiger partial charge on any atom is -0.508 e. The number of aromatic hydroxyl groups is 1. The molecule has 0 fully saturated rings. The van der Waals surface area contributed by atoms with Gasteiger partial charge in [0.2, 0.25) is 0 Å². The fourth-order valence-electron chi connectivity index (χ4n) is 1.66. The van der Waals surface area contributed by atoms with Crippen LogP contribution in [0.1, 0.15) is 13.9 Å². The molecule has 0 amide bonds. The van der Waals surface area contributed by atoms with Crippen molar-refractivity contribution < 1.29 is 17.4 Å². The molecule has 0 saturated heterocycles. The van der Waals surface area contributed by atoms with E-state index in [4.69, 9.17) is 13.2 Å². The number of nitrogens with two attached hydrogens (primary N) is 1. The molecule has 3 N–H and O–H groups in total. The minimum absolute atomic E-state index is 0.0173. The second-order valence-corrected chi connectivity index (χ2v) is 4.38. The van der Waals surface area contributed by atoms with Crippen molar-refractivity contribution >= 4 is 5.97 Å². The highest BCUT2D eigenvalue weighted by molar-refractivity contribution is 5.75. The molecule has 2 rings (SSSR count). The molecule has 0 saturated carbocycles. The van der Waals surface area contributed by atoms with E-state index < -0.39 is 12.0 Å². The van der Waals surface area contributed by atoms with E-state index in [1.807, 2.05) is 30.3 Å². The predicted molar refractivity (Wildman–Crippen MR) is 76.0 cm³/mol. The molecule has 2 aromatic carbocycles. The summed E-state index contributed by atoms with van der Waals surface area (Å²) in [6, 6.07) is 10.7. The summed E-state index contributed by atoms with van der Waals surface area (Å²) in [4.78, 5) is 11.9. The van der Waals surface area contributed by atoms with Crippen LogP contribution in [0.2, 0.25) is 0 Å². The highest BCUT2D eigenvalue weighted by Crippen LogP contribution is 2.11. The Morgan fingerprint density at radius 1 is 1.20 bits per heavy atom. The number of carbonyl (C=O) groups is 1. The van der Waals surface area contributed by atoms with Crippen molar-refractivity contribution in [3.63, 3.8) is 0 Å². The van der Waals surface area contributed by atoms with Gasteiger partial charge in [0.05, 0.1) is 2.74 Å². The third-order valence-electron chi connectivity index (χ3n) is 2.74. The third-order valence-corrected chi connectivity index (χ3v) is 2.74. The van der Waals surface area contributed by atoms with Crippen molar-refractivity contribution in [1.82, 2.24) is 0 Å². The van der Waals surface area contributed by atoms with E-state index >= 15 is 0 Å². The van der Waals surface area contributed by atoms with Crippen LogP contribution in [-0.2, 0) is 22.6 Å². The maximum absolute atomic E-state index is 11.9. The molecule has 0 aromatic heterocycles. The van der Waals surface area contributed by atoms with Crippen LogP contribution in [0.3, 0.4) is 0 Å². The first kappa shape index (κ1) is 11.5. The monoisotopic (exact) mass is 273 g/mol. The summed E-state index contributed by atoms with van der Waals surface area (Å²) in [6.07, 6.45) is 0.0194. The van der Waals surface area contributed by atoms with Gasteiger partial charge in [0.25, 0.3) is 0 Å². The van der Waals surface area contributed by atoms with Crippen LogP contribution >= 0.6 is 0 Å². The first-order valence-corrected chi connectivity index (χ1v) is 6.22. The molecule has 1 atom stereocenters. The Bertz CT molecular complexity index is 639. The summed E-state index contributed by atoms with van der Waals surface area (Å²) < 4.78 is 20.6. The zero-order valence-corrected chi connectivity index (χ0v) is 10.9. The van der Waals surface area contributed by atoms with Crippen molar-refractivity contribution in [1.29, 1.82) is 0 Å². The van der Waals surface area contributed by atoms with Crippen LogP contribution < -0.4 is 5.73 Å². The van der Waals surface area contributed by atoms with Gasteiger partial charge in [0.15, 0.2) is 0 Å². The van der Waals surface area contributed by atoms with Crippen LogP contribution in [0.4, 0.5) is 0 Å². The second-order valence-electron chi connectivity index (χ2n) is 4.38. The molecule has 4 nitrogen and oxygen atoms in total. The highest BCUT2D eigenvalue weighted by Gasteiger charge is 2.15. The molecule has 0 spiro atoms. The van der Waals surface area contributed by atoms with E-state index in [0.717, 1.165) is 5.56 Å². The lowest BCUT2D eigenvalue weighted by Crippen LogP contribution is -2.34. The Labute approximate surface area is 120 Å².